The second-order valence-corrected chi connectivity index (χ2v) is 5.76. The summed E-state index contributed by atoms with van der Waals surface area (Å²) in [5.74, 6) is 0.00846. The largest absolute Gasteiger partial charge is 0.355 e. The van der Waals surface area contributed by atoms with Gasteiger partial charge in [0, 0.05) is 18.1 Å². The Kier molecular flexibility index (Phi) is 6.44. The number of halogens is 1. The molecule has 2 aromatic carbocycles. The Morgan fingerprint density at radius 1 is 1.09 bits per heavy atom. The fraction of sp³-hybridized carbons (Fsp3) is 0.278. The topological polar surface area (TPSA) is 41.1 Å². The van der Waals surface area contributed by atoms with Gasteiger partial charge in [0.15, 0.2) is 0 Å². The van der Waals surface area contributed by atoms with Crippen LogP contribution in [-0.2, 0) is 17.8 Å². The van der Waals surface area contributed by atoms with Crippen LogP contribution in [0.5, 0.6) is 0 Å². The fourth-order valence-corrected chi connectivity index (χ4v) is 2.34. The molecule has 2 N–H and O–H groups in total. The van der Waals surface area contributed by atoms with Crippen molar-refractivity contribution in [1.29, 1.82) is 0 Å². The molecule has 4 heteroatoms. The number of hydrogen-bond donors (Lipinski definition) is 2. The van der Waals surface area contributed by atoms with Crippen molar-refractivity contribution < 1.29 is 4.79 Å². The van der Waals surface area contributed by atoms with Crippen LogP contribution in [0.15, 0.2) is 48.5 Å². The molecule has 0 radical (unpaired) electrons. The van der Waals surface area contributed by atoms with Crippen molar-refractivity contribution in [3.63, 3.8) is 0 Å². The van der Waals surface area contributed by atoms with Gasteiger partial charge in [0.1, 0.15) is 0 Å². The maximum Gasteiger partial charge on any atom is 0.233 e. The summed E-state index contributed by atoms with van der Waals surface area (Å²) in [4.78, 5) is 11.7. The van der Waals surface area contributed by atoms with Gasteiger partial charge >= 0.3 is 0 Å². The van der Waals surface area contributed by atoms with Gasteiger partial charge in [-0.15, -0.1) is 0 Å². The van der Waals surface area contributed by atoms with Gasteiger partial charge in [-0.25, -0.2) is 0 Å². The number of benzene rings is 2. The number of carbonyl (C=O) groups is 1. The van der Waals surface area contributed by atoms with Crippen LogP contribution in [0.25, 0.3) is 0 Å². The molecule has 0 aliphatic carbocycles. The number of amides is 1. The Balaban J connectivity index is 1.62. The first kappa shape index (κ1) is 16.5. The first-order valence-corrected chi connectivity index (χ1v) is 7.79. The normalized spacial score (nSPS) is 10.5. The lowest BCUT2D eigenvalue weighted by Crippen LogP contribution is -2.34. The molecule has 1 amide bonds. The van der Waals surface area contributed by atoms with E-state index in [9.17, 15) is 4.79 Å². The van der Waals surface area contributed by atoms with Gasteiger partial charge in [-0.3, -0.25) is 4.79 Å². The van der Waals surface area contributed by atoms with Crippen LogP contribution in [0.4, 0.5) is 0 Å². The van der Waals surface area contributed by atoms with Crippen LogP contribution in [0, 0.1) is 6.92 Å². The zero-order valence-electron chi connectivity index (χ0n) is 12.7. The molecule has 0 saturated heterocycles. The lowest BCUT2D eigenvalue weighted by Gasteiger charge is -2.07. The molecule has 0 aliphatic rings. The average Bonchev–Trinajstić information content (AvgIpc) is 2.49. The molecule has 0 aliphatic heterocycles. The number of hydrogen-bond acceptors (Lipinski definition) is 2. The summed E-state index contributed by atoms with van der Waals surface area (Å²) in [5, 5.41) is 6.77. The van der Waals surface area contributed by atoms with Gasteiger partial charge in [0.05, 0.1) is 6.54 Å². The minimum Gasteiger partial charge on any atom is -0.355 e. The molecule has 0 atom stereocenters. The molecule has 2 rings (SSSR count). The van der Waals surface area contributed by atoms with Crippen LogP contribution < -0.4 is 10.6 Å². The maximum atomic E-state index is 11.7. The predicted molar refractivity (Wildman–Crippen MR) is 91.1 cm³/mol. The third kappa shape index (κ3) is 5.88. The highest BCUT2D eigenvalue weighted by molar-refractivity contribution is 6.30. The zero-order chi connectivity index (χ0) is 15.8. The molecule has 0 unspecified atom stereocenters. The van der Waals surface area contributed by atoms with E-state index in [-0.39, 0.29) is 5.91 Å². The van der Waals surface area contributed by atoms with Gasteiger partial charge in [-0.05, 0) is 36.6 Å². The summed E-state index contributed by atoms with van der Waals surface area (Å²) >= 11 is 5.93. The van der Waals surface area contributed by atoms with E-state index in [0.717, 1.165) is 17.0 Å². The van der Waals surface area contributed by atoms with E-state index >= 15 is 0 Å². The molecule has 22 heavy (non-hydrogen) atoms. The Morgan fingerprint density at radius 3 is 2.59 bits per heavy atom. The van der Waals surface area contributed by atoms with E-state index in [1.54, 1.807) is 0 Å². The molecule has 0 spiro atoms. The van der Waals surface area contributed by atoms with Crippen molar-refractivity contribution in [3.8, 4) is 0 Å². The van der Waals surface area contributed by atoms with E-state index < -0.39 is 0 Å². The molecule has 0 fully saturated rings. The highest BCUT2D eigenvalue weighted by Crippen LogP contribution is 2.10. The molecule has 0 aromatic heterocycles. The van der Waals surface area contributed by atoms with Crippen molar-refractivity contribution in [2.24, 2.45) is 0 Å². The molecule has 3 nitrogen and oxygen atoms in total. The van der Waals surface area contributed by atoms with Crippen LogP contribution in [0.2, 0.25) is 5.02 Å². The standard InChI is InChI=1S/C18H21ClN2O/c1-14-5-7-16(8-6-14)12-20-13-18(22)21-10-9-15-3-2-4-17(19)11-15/h2-8,11,20H,9-10,12-13H2,1H3,(H,21,22). The summed E-state index contributed by atoms with van der Waals surface area (Å²) in [6, 6.07) is 16.0. The molecular weight excluding hydrogens is 296 g/mol. The van der Waals surface area contributed by atoms with Crippen LogP contribution in [-0.4, -0.2) is 19.0 Å². The highest BCUT2D eigenvalue weighted by atomic mass is 35.5. The van der Waals surface area contributed by atoms with Crippen molar-refractivity contribution in [1.82, 2.24) is 10.6 Å². The second-order valence-electron chi connectivity index (χ2n) is 5.32. The first-order valence-electron chi connectivity index (χ1n) is 7.41. The van der Waals surface area contributed by atoms with E-state index in [1.807, 2.05) is 24.3 Å². The Hall–Kier alpha value is -1.84. The lowest BCUT2D eigenvalue weighted by molar-refractivity contribution is -0.120. The van der Waals surface area contributed by atoms with Gasteiger partial charge < -0.3 is 10.6 Å². The lowest BCUT2D eigenvalue weighted by atomic mass is 10.1. The fourth-order valence-electron chi connectivity index (χ4n) is 2.13. The van der Waals surface area contributed by atoms with Crippen LogP contribution in [0.1, 0.15) is 16.7 Å². The predicted octanol–water partition coefficient (Wildman–Crippen LogP) is 3.10. The number of aryl methyl sites for hydroxylation is 1. The molecule has 0 saturated carbocycles. The van der Waals surface area contributed by atoms with E-state index in [1.165, 1.54) is 11.1 Å². The first-order chi connectivity index (χ1) is 10.6. The summed E-state index contributed by atoms with van der Waals surface area (Å²) in [6.07, 6.45) is 0.782. The average molecular weight is 317 g/mol. The van der Waals surface area contributed by atoms with Crippen LogP contribution in [0.3, 0.4) is 0 Å². The SMILES string of the molecule is Cc1ccc(CNCC(=O)NCCc2cccc(Cl)c2)cc1. The van der Waals surface area contributed by atoms with Gasteiger partial charge in [0.25, 0.3) is 0 Å². The van der Waals surface area contributed by atoms with E-state index in [0.29, 0.717) is 19.6 Å². The zero-order valence-corrected chi connectivity index (χ0v) is 13.5. The molecule has 0 heterocycles. The van der Waals surface area contributed by atoms with Crippen molar-refractivity contribution in [3.05, 3.63) is 70.2 Å². The Bertz CT molecular complexity index is 611. The monoisotopic (exact) mass is 316 g/mol. The van der Waals surface area contributed by atoms with Gasteiger partial charge in [-0.1, -0.05) is 53.6 Å². The molecule has 2 aromatic rings. The van der Waals surface area contributed by atoms with Crippen LogP contribution >= 0.6 is 11.6 Å². The number of rotatable bonds is 7. The van der Waals surface area contributed by atoms with Crippen molar-refractivity contribution >= 4 is 17.5 Å². The molecular formula is C18H21ClN2O. The van der Waals surface area contributed by atoms with E-state index in [4.69, 9.17) is 11.6 Å². The van der Waals surface area contributed by atoms with Gasteiger partial charge in [0.2, 0.25) is 5.91 Å². The summed E-state index contributed by atoms with van der Waals surface area (Å²) in [7, 11) is 0. The van der Waals surface area contributed by atoms with E-state index in [2.05, 4.69) is 41.8 Å². The quantitative estimate of drug-likeness (QED) is 0.824. The second kappa shape index (κ2) is 8.57. The maximum absolute atomic E-state index is 11.7. The Morgan fingerprint density at radius 2 is 1.86 bits per heavy atom. The smallest absolute Gasteiger partial charge is 0.233 e. The highest BCUT2D eigenvalue weighted by Gasteiger charge is 2.01. The number of nitrogens with one attached hydrogen (secondary N) is 2. The minimum absolute atomic E-state index is 0.00846. The summed E-state index contributed by atoms with van der Waals surface area (Å²) < 4.78 is 0. The van der Waals surface area contributed by atoms with Crippen molar-refractivity contribution in [2.45, 2.75) is 19.9 Å². The van der Waals surface area contributed by atoms with Gasteiger partial charge in [-0.2, -0.15) is 0 Å². The third-order valence-corrected chi connectivity index (χ3v) is 3.60. The third-order valence-electron chi connectivity index (χ3n) is 3.36. The summed E-state index contributed by atoms with van der Waals surface area (Å²) in [6.45, 7) is 3.70. The number of carbonyl (C=O) groups excluding carboxylic acids is 1. The Labute approximate surface area is 136 Å². The molecule has 0 bridgehead atoms. The summed E-state index contributed by atoms with van der Waals surface area (Å²) in [5.41, 5.74) is 3.54. The minimum atomic E-state index is 0.00846. The molecule has 116 valence electrons. The van der Waals surface area contributed by atoms with Crippen molar-refractivity contribution in [2.75, 3.05) is 13.1 Å².